The maximum atomic E-state index is 11.6. The monoisotopic (exact) mass is 514 g/mol. The summed E-state index contributed by atoms with van der Waals surface area (Å²) >= 11 is 1.74. The van der Waals surface area contributed by atoms with E-state index in [1.165, 1.54) is 10.4 Å². The van der Waals surface area contributed by atoms with E-state index in [9.17, 15) is 4.79 Å². The van der Waals surface area contributed by atoms with Crippen LogP contribution in [0.1, 0.15) is 23.3 Å². The maximum absolute atomic E-state index is 11.6. The Hall–Kier alpha value is -1.81. The highest BCUT2D eigenvalue weighted by Crippen LogP contribution is 2.18. The van der Waals surface area contributed by atoms with Crippen LogP contribution in [-0.4, -0.2) is 37.6 Å². The normalized spacial score (nSPS) is 13.5. The molecule has 0 unspecified atom stereocenters. The number of nitrogens with zero attached hydrogens (tertiary/aromatic N) is 1. The molecule has 0 atom stereocenters. The fourth-order valence-corrected chi connectivity index (χ4v) is 3.23. The van der Waals surface area contributed by atoms with Gasteiger partial charge in [-0.25, -0.2) is 0 Å². The Morgan fingerprint density at radius 1 is 1.21 bits per heavy atom. The molecular weight excluding hydrogens is 487 g/mol. The summed E-state index contributed by atoms with van der Waals surface area (Å²) in [5, 5.41) is 8.11. The average molecular weight is 514 g/mol. The fraction of sp³-hybridized carbons (Fsp3) is 0.400. The molecule has 1 saturated carbocycles. The van der Waals surface area contributed by atoms with Crippen molar-refractivity contribution in [2.45, 2.75) is 31.7 Å². The lowest BCUT2D eigenvalue weighted by molar-refractivity contribution is -0.123. The maximum Gasteiger partial charge on any atom is 0.258 e. The zero-order valence-electron chi connectivity index (χ0n) is 15.7. The molecule has 4 N–H and O–H groups in total. The van der Waals surface area contributed by atoms with Gasteiger partial charge >= 0.3 is 0 Å². The number of carbonyl (C=O) groups is 1. The number of benzene rings is 1. The zero-order chi connectivity index (χ0) is 18.9. The molecule has 28 heavy (non-hydrogen) atoms. The molecule has 2 aromatic rings. The molecule has 0 radical (unpaired) electrons. The number of aliphatic imine (C=N–C) groups is 1. The van der Waals surface area contributed by atoms with E-state index < -0.39 is 0 Å². The second-order valence-electron chi connectivity index (χ2n) is 6.55. The summed E-state index contributed by atoms with van der Waals surface area (Å²) in [4.78, 5) is 17.3. The smallest absolute Gasteiger partial charge is 0.258 e. The van der Waals surface area contributed by atoms with Crippen LogP contribution in [0.15, 0.2) is 46.8 Å². The van der Waals surface area contributed by atoms with Crippen LogP contribution in [-0.2, 0) is 17.6 Å². The van der Waals surface area contributed by atoms with E-state index in [0.29, 0.717) is 24.3 Å². The predicted octanol–water partition coefficient (Wildman–Crippen LogP) is 2.71. The van der Waals surface area contributed by atoms with E-state index >= 15 is 0 Å². The summed E-state index contributed by atoms with van der Waals surface area (Å²) in [5.41, 5.74) is 7.06. The minimum Gasteiger partial charge on any atom is -0.484 e. The van der Waals surface area contributed by atoms with Crippen LogP contribution in [0.5, 0.6) is 5.75 Å². The van der Waals surface area contributed by atoms with Crippen LogP contribution in [0, 0.1) is 0 Å². The Morgan fingerprint density at radius 2 is 2.00 bits per heavy atom. The molecule has 1 aliphatic rings. The van der Waals surface area contributed by atoms with Crippen molar-refractivity contribution in [1.82, 2.24) is 10.6 Å². The van der Waals surface area contributed by atoms with Crippen LogP contribution in [0.4, 0.5) is 0 Å². The molecule has 8 heteroatoms. The van der Waals surface area contributed by atoms with E-state index in [1.54, 1.807) is 11.3 Å². The van der Waals surface area contributed by atoms with Gasteiger partial charge in [0.15, 0.2) is 12.6 Å². The van der Waals surface area contributed by atoms with Crippen molar-refractivity contribution in [3.8, 4) is 5.75 Å². The van der Waals surface area contributed by atoms with Crippen molar-refractivity contribution in [2.24, 2.45) is 10.7 Å². The molecule has 0 aliphatic heterocycles. The third-order valence-electron chi connectivity index (χ3n) is 4.18. The van der Waals surface area contributed by atoms with Crippen LogP contribution < -0.4 is 21.1 Å². The van der Waals surface area contributed by atoms with Crippen LogP contribution >= 0.6 is 35.3 Å². The summed E-state index contributed by atoms with van der Waals surface area (Å²) in [7, 11) is 0. The minimum absolute atomic E-state index is 0. The fourth-order valence-electron chi connectivity index (χ4n) is 2.53. The van der Waals surface area contributed by atoms with Gasteiger partial charge in [0.25, 0.3) is 5.91 Å². The standard InChI is InChI=1S/C20H26N4O2S.HI/c21-20(23-12-10-18-2-1-13-27-18)22-11-9-15-3-7-17(8-4-15)26-14-19(25)24-16-5-6-16;/h1-4,7-8,13,16H,5-6,9-12,14H2,(H,24,25)(H3,21,22,23);1H. The number of hydrogen-bond donors (Lipinski definition) is 3. The molecule has 0 bridgehead atoms. The predicted molar refractivity (Wildman–Crippen MR) is 125 cm³/mol. The van der Waals surface area contributed by atoms with Crippen LogP contribution in [0.25, 0.3) is 0 Å². The Bertz CT molecular complexity index is 746. The highest BCUT2D eigenvalue weighted by molar-refractivity contribution is 14.0. The first-order chi connectivity index (χ1) is 13.2. The largest absolute Gasteiger partial charge is 0.484 e. The van der Waals surface area contributed by atoms with Crippen molar-refractivity contribution >= 4 is 47.2 Å². The van der Waals surface area contributed by atoms with Gasteiger partial charge < -0.3 is 21.1 Å². The molecule has 1 aromatic carbocycles. The third kappa shape index (κ3) is 8.47. The van der Waals surface area contributed by atoms with Crippen LogP contribution in [0.3, 0.4) is 0 Å². The Morgan fingerprint density at radius 3 is 2.68 bits per heavy atom. The van der Waals surface area contributed by atoms with Gasteiger partial charge in [0, 0.05) is 30.4 Å². The Balaban J connectivity index is 0.00000280. The second kappa shape index (κ2) is 11.9. The Kier molecular flexibility index (Phi) is 9.56. The van der Waals surface area contributed by atoms with Crippen molar-refractivity contribution in [2.75, 3.05) is 19.7 Å². The van der Waals surface area contributed by atoms with Gasteiger partial charge in [-0.3, -0.25) is 9.79 Å². The molecule has 1 aliphatic carbocycles. The van der Waals surface area contributed by atoms with Crippen molar-refractivity contribution in [3.63, 3.8) is 0 Å². The molecule has 1 aromatic heterocycles. The number of nitrogens with two attached hydrogens (primary N) is 1. The number of ether oxygens (including phenoxy) is 1. The molecular formula is C20H27IN4O2S. The Labute approximate surface area is 187 Å². The summed E-state index contributed by atoms with van der Waals surface area (Å²) in [5.74, 6) is 1.13. The van der Waals surface area contributed by atoms with Gasteiger partial charge in [-0.1, -0.05) is 18.2 Å². The van der Waals surface area contributed by atoms with Crippen molar-refractivity contribution < 1.29 is 9.53 Å². The molecule has 3 rings (SSSR count). The van der Waals surface area contributed by atoms with E-state index in [2.05, 4.69) is 27.1 Å². The van der Waals surface area contributed by atoms with Gasteiger partial charge in [0.2, 0.25) is 0 Å². The summed E-state index contributed by atoms with van der Waals surface area (Å²) < 4.78 is 5.50. The van der Waals surface area contributed by atoms with Gasteiger partial charge in [0.05, 0.1) is 0 Å². The molecule has 1 heterocycles. The number of rotatable bonds is 10. The van der Waals surface area contributed by atoms with E-state index in [4.69, 9.17) is 10.5 Å². The first-order valence-electron chi connectivity index (χ1n) is 9.26. The second-order valence-corrected chi connectivity index (χ2v) is 7.58. The SMILES string of the molecule is I.NC(=NCCc1cccs1)NCCc1ccc(OCC(=O)NC2CC2)cc1. The molecule has 1 fully saturated rings. The van der Waals surface area contributed by atoms with Gasteiger partial charge in [0.1, 0.15) is 5.75 Å². The number of halogens is 1. The molecule has 0 spiro atoms. The third-order valence-corrected chi connectivity index (χ3v) is 5.11. The number of carbonyl (C=O) groups excluding carboxylic acids is 1. The topological polar surface area (TPSA) is 88.7 Å². The zero-order valence-corrected chi connectivity index (χ0v) is 18.9. The van der Waals surface area contributed by atoms with E-state index in [-0.39, 0.29) is 36.5 Å². The number of nitrogens with one attached hydrogen (secondary N) is 2. The minimum atomic E-state index is -0.0559. The van der Waals surface area contributed by atoms with E-state index in [0.717, 1.165) is 32.2 Å². The number of hydrogen-bond acceptors (Lipinski definition) is 4. The first-order valence-corrected chi connectivity index (χ1v) is 10.1. The molecule has 0 saturated heterocycles. The number of thiophene rings is 1. The van der Waals surface area contributed by atoms with Gasteiger partial charge in [-0.15, -0.1) is 35.3 Å². The summed E-state index contributed by atoms with van der Waals surface area (Å²) in [6, 6.07) is 12.3. The lowest BCUT2D eigenvalue weighted by atomic mass is 10.1. The highest BCUT2D eigenvalue weighted by atomic mass is 127. The first kappa shape index (κ1) is 22.5. The van der Waals surface area contributed by atoms with Gasteiger partial charge in [-0.2, -0.15) is 0 Å². The lowest BCUT2D eigenvalue weighted by Gasteiger charge is -2.08. The lowest BCUT2D eigenvalue weighted by Crippen LogP contribution is -2.33. The summed E-state index contributed by atoms with van der Waals surface area (Å²) in [6.07, 6.45) is 3.92. The molecule has 152 valence electrons. The summed E-state index contributed by atoms with van der Waals surface area (Å²) in [6.45, 7) is 1.48. The van der Waals surface area contributed by atoms with E-state index in [1.807, 2.05) is 30.3 Å². The average Bonchev–Trinajstić information content (AvgIpc) is 3.32. The highest BCUT2D eigenvalue weighted by Gasteiger charge is 2.23. The van der Waals surface area contributed by atoms with Crippen LogP contribution in [0.2, 0.25) is 0 Å². The van der Waals surface area contributed by atoms with Gasteiger partial charge in [-0.05, 0) is 48.4 Å². The quantitative estimate of drug-likeness (QED) is 0.259. The molecule has 1 amide bonds. The molecule has 6 nitrogen and oxygen atoms in total. The number of amides is 1. The van der Waals surface area contributed by atoms with Crippen molar-refractivity contribution in [3.05, 3.63) is 52.2 Å². The number of guanidine groups is 1. The van der Waals surface area contributed by atoms with Crippen molar-refractivity contribution in [1.29, 1.82) is 0 Å².